The fourth-order valence-corrected chi connectivity index (χ4v) is 5.43. The molecule has 1 atom stereocenters. The van der Waals surface area contributed by atoms with Crippen LogP contribution in [0, 0.1) is 13.8 Å². The maximum Gasteiger partial charge on any atom is 0.243 e. The molecule has 1 amide bonds. The van der Waals surface area contributed by atoms with E-state index in [0.29, 0.717) is 19.6 Å². The lowest BCUT2D eigenvalue weighted by molar-refractivity contribution is -0.131. The van der Waals surface area contributed by atoms with Crippen LogP contribution in [-0.2, 0) is 14.8 Å². The highest BCUT2D eigenvalue weighted by Gasteiger charge is 2.28. The number of carbonyl (C=O) groups is 1. The van der Waals surface area contributed by atoms with Gasteiger partial charge in [-0.25, -0.2) is 8.42 Å². The third-order valence-electron chi connectivity index (χ3n) is 6.01. The van der Waals surface area contributed by atoms with Gasteiger partial charge >= 0.3 is 0 Å². The van der Waals surface area contributed by atoms with Crippen LogP contribution >= 0.6 is 0 Å². The molecule has 0 bridgehead atoms. The fraction of sp³-hybridized carbons (Fsp3) is 0.458. The summed E-state index contributed by atoms with van der Waals surface area (Å²) >= 11 is 0. The smallest absolute Gasteiger partial charge is 0.243 e. The van der Waals surface area contributed by atoms with Crippen molar-refractivity contribution in [2.75, 3.05) is 39.3 Å². The van der Waals surface area contributed by atoms with Gasteiger partial charge in [-0.15, -0.1) is 0 Å². The van der Waals surface area contributed by atoms with Crippen molar-refractivity contribution < 1.29 is 13.2 Å². The lowest BCUT2D eigenvalue weighted by Crippen LogP contribution is -2.47. The Labute approximate surface area is 186 Å². The first-order chi connectivity index (χ1) is 14.8. The molecule has 7 heteroatoms. The third kappa shape index (κ3) is 5.93. The molecule has 0 unspecified atom stereocenters. The summed E-state index contributed by atoms with van der Waals surface area (Å²) in [5.74, 6) is 0.0194. The van der Waals surface area contributed by atoms with E-state index < -0.39 is 10.0 Å². The van der Waals surface area contributed by atoms with Gasteiger partial charge in [0.1, 0.15) is 0 Å². The van der Waals surface area contributed by atoms with Crippen molar-refractivity contribution in [2.45, 2.75) is 38.0 Å². The average molecular weight is 444 g/mol. The van der Waals surface area contributed by atoms with Crippen molar-refractivity contribution in [1.82, 2.24) is 14.5 Å². The number of piperazine rings is 1. The van der Waals surface area contributed by atoms with Crippen LogP contribution in [0.2, 0.25) is 0 Å². The Kier molecular flexibility index (Phi) is 7.86. The van der Waals surface area contributed by atoms with Crippen molar-refractivity contribution in [3.05, 3.63) is 65.2 Å². The van der Waals surface area contributed by atoms with Crippen LogP contribution < -0.4 is 5.32 Å². The zero-order valence-electron chi connectivity index (χ0n) is 18.7. The molecule has 0 saturated carbocycles. The second-order valence-corrected chi connectivity index (χ2v) is 10.2. The number of hydrogen-bond acceptors (Lipinski definition) is 4. The highest BCUT2D eigenvalue weighted by atomic mass is 32.2. The monoisotopic (exact) mass is 443 g/mol. The molecule has 1 N–H and O–H groups in total. The van der Waals surface area contributed by atoms with Gasteiger partial charge in [0.15, 0.2) is 0 Å². The summed E-state index contributed by atoms with van der Waals surface area (Å²) in [6, 6.07) is 15.1. The quantitative estimate of drug-likeness (QED) is 0.681. The maximum absolute atomic E-state index is 13.5. The van der Waals surface area contributed by atoms with Gasteiger partial charge in [0, 0.05) is 45.7 Å². The molecular weight excluding hydrogens is 410 g/mol. The molecule has 1 aliphatic rings. The number of amides is 1. The molecule has 2 aromatic carbocycles. The van der Waals surface area contributed by atoms with E-state index in [2.05, 4.69) is 5.32 Å². The molecule has 1 fully saturated rings. The van der Waals surface area contributed by atoms with E-state index in [0.717, 1.165) is 29.8 Å². The minimum atomic E-state index is -3.72. The minimum Gasteiger partial charge on any atom is -0.340 e. The topological polar surface area (TPSA) is 69.7 Å². The van der Waals surface area contributed by atoms with Gasteiger partial charge < -0.3 is 10.2 Å². The van der Waals surface area contributed by atoms with E-state index >= 15 is 0 Å². The van der Waals surface area contributed by atoms with Gasteiger partial charge in [-0.05, 0) is 48.6 Å². The molecule has 2 aromatic rings. The Hall–Kier alpha value is -2.22. The van der Waals surface area contributed by atoms with E-state index in [1.165, 1.54) is 4.31 Å². The van der Waals surface area contributed by atoms with Gasteiger partial charge in [0.2, 0.25) is 15.9 Å². The third-order valence-corrected chi connectivity index (χ3v) is 7.87. The minimum absolute atomic E-state index is 0.00847. The first-order valence-electron chi connectivity index (χ1n) is 10.9. The van der Waals surface area contributed by atoms with Gasteiger partial charge in [0.25, 0.3) is 0 Å². The summed E-state index contributed by atoms with van der Waals surface area (Å²) in [6.45, 7) is 9.31. The number of carbonyl (C=O) groups excluding carboxylic acids is 1. The number of aryl methyl sites for hydroxylation is 2. The second-order valence-electron chi connectivity index (χ2n) is 8.30. The Bertz CT molecular complexity index is 986. The first kappa shape index (κ1) is 23.4. The van der Waals surface area contributed by atoms with Crippen LogP contribution in [0.25, 0.3) is 0 Å². The molecule has 0 radical (unpaired) electrons. The van der Waals surface area contributed by atoms with E-state index in [1.54, 1.807) is 12.1 Å². The number of rotatable bonds is 8. The van der Waals surface area contributed by atoms with Gasteiger partial charge in [0.05, 0.1) is 4.90 Å². The molecular formula is C24H33N3O3S. The molecule has 1 heterocycles. The van der Waals surface area contributed by atoms with Crippen LogP contribution in [0.4, 0.5) is 0 Å². The predicted molar refractivity (Wildman–Crippen MR) is 124 cm³/mol. The number of benzene rings is 2. The zero-order chi connectivity index (χ0) is 22.4. The second kappa shape index (κ2) is 10.4. The van der Waals surface area contributed by atoms with Crippen LogP contribution in [0.15, 0.2) is 53.4 Å². The molecule has 31 heavy (non-hydrogen) atoms. The normalized spacial score (nSPS) is 15.8. The van der Waals surface area contributed by atoms with Crippen LogP contribution in [0.5, 0.6) is 0 Å². The number of nitrogens with zero attached hydrogens (tertiary/aromatic N) is 2. The van der Waals surface area contributed by atoms with Crippen molar-refractivity contribution in [3.8, 4) is 0 Å². The molecule has 0 spiro atoms. The fourth-order valence-electron chi connectivity index (χ4n) is 3.82. The molecule has 6 nitrogen and oxygen atoms in total. The molecule has 0 aliphatic carbocycles. The molecule has 168 valence electrons. The lowest BCUT2D eigenvalue weighted by Gasteiger charge is -2.29. The van der Waals surface area contributed by atoms with E-state index in [1.807, 2.05) is 62.1 Å². The van der Waals surface area contributed by atoms with Crippen LogP contribution in [-0.4, -0.2) is 62.8 Å². The summed E-state index contributed by atoms with van der Waals surface area (Å²) in [4.78, 5) is 14.8. The summed E-state index contributed by atoms with van der Waals surface area (Å²) < 4.78 is 28.6. The van der Waals surface area contributed by atoms with Crippen LogP contribution in [0.1, 0.15) is 36.0 Å². The van der Waals surface area contributed by atoms with Crippen LogP contribution in [0.3, 0.4) is 0 Å². The Balaban J connectivity index is 1.81. The SMILES string of the molecule is Cc1ccc(S(=O)(=O)N(CCC(=O)N2CCNCC2)C[C@H](C)c2ccccc2)cc1C. The van der Waals surface area contributed by atoms with E-state index in [-0.39, 0.29) is 29.7 Å². The van der Waals surface area contributed by atoms with Gasteiger partial charge in [-0.1, -0.05) is 43.3 Å². The highest BCUT2D eigenvalue weighted by Crippen LogP contribution is 2.24. The largest absolute Gasteiger partial charge is 0.340 e. The van der Waals surface area contributed by atoms with Crippen molar-refractivity contribution in [1.29, 1.82) is 0 Å². The Morgan fingerprint density at radius 1 is 1.06 bits per heavy atom. The summed E-state index contributed by atoms with van der Waals surface area (Å²) in [6.07, 6.45) is 0.186. The zero-order valence-corrected chi connectivity index (χ0v) is 19.5. The lowest BCUT2D eigenvalue weighted by atomic mass is 10.0. The number of nitrogens with one attached hydrogen (secondary N) is 1. The Morgan fingerprint density at radius 3 is 2.39 bits per heavy atom. The number of hydrogen-bond donors (Lipinski definition) is 1. The van der Waals surface area contributed by atoms with Gasteiger partial charge in [-0.2, -0.15) is 4.31 Å². The highest BCUT2D eigenvalue weighted by molar-refractivity contribution is 7.89. The molecule has 3 rings (SSSR count). The first-order valence-corrected chi connectivity index (χ1v) is 12.3. The van der Waals surface area contributed by atoms with Crippen molar-refractivity contribution >= 4 is 15.9 Å². The predicted octanol–water partition coefficient (Wildman–Crippen LogP) is 2.92. The van der Waals surface area contributed by atoms with Gasteiger partial charge in [-0.3, -0.25) is 4.79 Å². The van der Waals surface area contributed by atoms with Crippen molar-refractivity contribution in [3.63, 3.8) is 0 Å². The van der Waals surface area contributed by atoms with Crippen molar-refractivity contribution in [2.24, 2.45) is 0 Å². The van der Waals surface area contributed by atoms with E-state index in [4.69, 9.17) is 0 Å². The summed E-state index contributed by atoms with van der Waals surface area (Å²) in [5.41, 5.74) is 3.07. The maximum atomic E-state index is 13.5. The summed E-state index contributed by atoms with van der Waals surface area (Å²) in [5, 5.41) is 3.23. The average Bonchev–Trinajstić information content (AvgIpc) is 2.79. The standard InChI is InChI=1S/C24H33N3O3S/c1-19-9-10-23(17-20(19)2)31(29,30)27(18-21(3)22-7-5-4-6-8-22)14-11-24(28)26-15-12-25-13-16-26/h4-10,17,21,25H,11-16,18H2,1-3H3/t21-/m0/s1. The number of sulfonamides is 1. The Morgan fingerprint density at radius 2 is 1.74 bits per heavy atom. The molecule has 1 aliphatic heterocycles. The molecule has 0 aromatic heterocycles. The summed E-state index contributed by atoms with van der Waals surface area (Å²) in [7, 11) is -3.72. The molecule has 1 saturated heterocycles. The van der Waals surface area contributed by atoms with E-state index in [9.17, 15) is 13.2 Å².